The topological polar surface area (TPSA) is 68.8 Å². The first-order valence-corrected chi connectivity index (χ1v) is 10.4. The lowest BCUT2D eigenvalue weighted by Gasteiger charge is -2.22. The van der Waals surface area contributed by atoms with Gasteiger partial charge in [0.1, 0.15) is 11.5 Å². The molecule has 2 aromatic carbocycles. The number of nitrogens with zero attached hydrogens (tertiary/aromatic N) is 6. The van der Waals surface area contributed by atoms with Gasteiger partial charge in [-0.15, -0.1) is 5.10 Å². The van der Waals surface area contributed by atoms with Crippen molar-refractivity contribution < 1.29 is 9.18 Å². The Kier molecular flexibility index (Phi) is 6.05. The molecule has 9 heteroatoms. The minimum absolute atomic E-state index is 0.184. The van der Waals surface area contributed by atoms with Crippen LogP contribution in [0.15, 0.2) is 54.7 Å². The third-order valence-electron chi connectivity index (χ3n) is 5.30. The average Bonchev–Trinajstić information content (AvgIpc) is 3.33. The standard InChI is InChI=1S/C23H22ClFN6O/c1-15-22(16(2)29(3)27-15)23(32)30(12-17-9-10-18(25)11-21(17)24)13-19-14-31(28-26-19)20-7-5-4-6-8-20/h4-11,14H,12-13H2,1-3H3. The molecule has 0 atom stereocenters. The summed E-state index contributed by atoms with van der Waals surface area (Å²) in [4.78, 5) is 15.2. The van der Waals surface area contributed by atoms with Crippen molar-refractivity contribution in [3.05, 3.63) is 93.8 Å². The predicted molar refractivity (Wildman–Crippen MR) is 119 cm³/mol. The van der Waals surface area contributed by atoms with Crippen LogP contribution in [0.5, 0.6) is 0 Å². The predicted octanol–water partition coefficient (Wildman–Crippen LogP) is 4.25. The molecule has 0 unspecified atom stereocenters. The Morgan fingerprint density at radius 3 is 2.53 bits per heavy atom. The fourth-order valence-corrected chi connectivity index (χ4v) is 3.80. The van der Waals surface area contributed by atoms with Crippen LogP contribution in [0.3, 0.4) is 0 Å². The van der Waals surface area contributed by atoms with Crippen LogP contribution in [0.1, 0.15) is 33.0 Å². The Morgan fingerprint density at radius 2 is 1.88 bits per heavy atom. The van der Waals surface area contributed by atoms with Crippen LogP contribution in [0, 0.1) is 19.7 Å². The number of hydrogen-bond acceptors (Lipinski definition) is 4. The molecular formula is C23H22ClFN6O. The minimum atomic E-state index is -0.429. The van der Waals surface area contributed by atoms with E-state index in [1.807, 2.05) is 37.3 Å². The number of amides is 1. The van der Waals surface area contributed by atoms with Gasteiger partial charge >= 0.3 is 0 Å². The zero-order valence-corrected chi connectivity index (χ0v) is 18.7. The van der Waals surface area contributed by atoms with Crippen molar-refractivity contribution in [3.8, 4) is 5.69 Å². The third kappa shape index (κ3) is 4.40. The van der Waals surface area contributed by atoms with E-state index in [4.69, 9.17) is 11.6 Å². The molecule has 0 radical (unpaired) electrons. The van der Waals surface area contributed by atoms with E-state index in [-0.39, 0.29) is 24.0 Å². The highest BCUT2D eigenvalue weighted by Crippen LogP contribution is 2.23. The summed E-state index contributed by atoms with van der Waals surface area (Å²) in [5.41, 5.74) is 4.04. The van der Waals surface area contributed by atoms with E-state index in [0.29, 0.717) is 22.5 Å². The fourth-order valence-electron chi connectivity index (χ4n) is 3.57. The molecule has 1 amide bonds. The molecule has 0 spiro atoms. The van der Waals surface area contributed by atoms with Gasteiger partial charge < -0.3 is 4.90 Å². The van der Waals surface area contributed by atoms with E-state index in [2.05, 4.69) is 15.4 Å². The molecule has 7 nitrogen and oxygen atoms in total. The van der Waals surface area contributed by atoms with Gasteiger partial charge in [0.15, 0.2) is 0 Å². The molecule has 164 valence electrons. The normalized spacial score (nSPS) is 11.0. The number of aryl methyl sites for hydroxylation is 2. The van der Waals surface area contributed by atoms with E-state index in [1.165, 1.54) is 12.1 Å². The van der Waals surface area contributed by atoms with Gasteiger partial charge in [0.05, 0.1) is 29.7 Å². The Labute approximate surface area is 190 Å². The van der Waals surface area contributed by atoms with Crippen LogP contribution in [-0.4, -0.2) is 35.6 Å². The molecule has 0 fully saturated rings. The summed E-state index contributed by atoms with van der Waals surface area (Å²) >= 11 is 6.25. The lowest BCUT2D eigenvalue weighted by Crippen LogP contribution is -2.31. The molecule has 0 saturated heterocycles. The Bertz CT molecular complexity index is 1270. The smallest absolute Gasteiger partial charge is 0.258 e. The molecule has 0 saturated carbocycles. The first-order chi connectivity index (χ1) is 15.3. The summed E-state index contributed by atoms with van der Waals surface area (Å²) in [6.07, 6.45) is 1.78. The van der Waals surface area contributed by atoms with Crippen molar-refractivity contribution in [3.63, 3.8) is 0 Å². The number of halogens is 2. The second kappa shape index (κ2) is 8.92. The second-order valence-corrected chi connectivity index (χ2v) is 7.96. The molecule has 2 aromatic heterocycles. The zero-order valence-electron chi connectivity index (χ0n) is 18.0. The van der Waals surface area contributed by atoms with E-state index in [9.17, 15) is 9.18 Å². The van der Waals surface area contributed by atoms with Gasteiger partial charge in [0.2, 0.25) is 0 Å². The summed E-state index contributed by atoms with van der Waals surface area (Å²) < 4.78 is 16.9. The molecule has 2 heterocycles. The highest BCUT2D eigenvalue weighted by molar-refractivity contribution is 6.31. The van der Waals surface area contributed by atoms with E-state index < -0.39 is 5.82 Å². The summed E-state index contributed by atoms with van der Waals surface area (Å²) in [6, 6.07) is 13.7. The van der Waals surface area contributed by atoms with Gasteiger partial charge in [-0.05, 0) is 43.7 Å². The zero-order chi connectivity index (χ0) is 22.8. The fraction of sp³-hybridized carbons (Fsp3) is 0.217. The number of aromatic nitrogens is 5. The van der Waals surface area contributed by atoms with Crippen LogP contribution in [0.4, 0.5) is 4.39 Å². The maximum Gasteiger partial charge on any atom is 0.258 e. The monoisotopic (exact) mass is 452 g/mol. The molecule has 0 aliphatic rings. The number of carbonyl (C=O) groups is 1. The Morgan fingerprint density at radius 1 is 1.12 bits per heavy atom. The number of para-hydroxylation sites is 1. The lowest BCUT2D eigenvalue weighted by atomic mass is 10.1. The summed E-state index contributed by atoms with van der Waals surface area (Å²) in [6.45, 7) is 4.04. The van der Waals surface area contributed by atoms with Crippen molar-refractivity contribution in [1.29, 1.82) is 0 Å². The summed E-state index contributed by atoms with van der Waals surface area (Å²) in [5.74, 6) is -0.635. The highest BCUT2D eigenvalue weighted by atomic mass is 35.5. The maximum absolute atomic E-state index is 13.6. The Balaban J connectivity index is 1.67. The number of rotatable bonds is 6. The molecule has 0 aliphatic heterocycles. The number of benzene rings is 2. The van der Waals surface area contributed by atoms with Crippen LogP contribution in [0.25, 0.3) is 5.69 Å². The summed E-state index contributed by atoms with van der Waals surface area (Å²) in [5, 5.41) is 13.0. The lowest BCUT2D eigenvalue weighted by molar-refractivity contribution is 0.0726. The van der Waals surface area contributed by atoms with E-state index in [0.717, 1.165) is 11.4 Å². The van der Waals surface area contributed by atoms with E-state index in [1.54, 1.807) is 40.5 Å². The molecule has 4 aromatic rings. The van der Waals surface area contributed by atoms with Crippen molar-refractivity contribution >= 4 is 17.5 Å². The number of hydrogen-bond donors (Lipinski definition) is 0. The molecule has 0 bridgehead atoms. The van der Waals surface area contributed by atoms with Crippen molar-refractivity contribution in [2.45, 2.75) is 26.9 Å². The van der Waals surface area contributed by atoms with Gasteiger partial charge in [-0.3, -0.25) is 9.48 Å². The van der Waals surface area contributed by atoms with Crippen LogP contribution in [0.2, 0.25) is 5.02 Å². The number of carbonyl (C=O) groups excluding carboxylic acids is 1. The van der Waals surface area contributed by atoms with E-state index >= 15 is 0 Å². The Hall–Kier alpha value is -3.52. The minimum Gasteiger partial charge on any atom is -0.328 e. The first kappa shape index (κ1) is 21.7. The largest absolute Gasteiger partial charge is 0.328 e. The van der Waals surface area contributed by atoms with Gasteiger partial charge in [-0.1, -0.05) is 41.1 Å². The van der Waals surface area contributed by atoms with Gasteiger partial charge in [0, 0.05) is 24.3 Å². The van der Waals surface area contributed by atoms with Gasteiger partial charge in [0.25, 0.3) is 5.91 Å². The third-order valence-corrected chi connectivity index (χ3v) is 5.65. The quantitative estimate of drug-likeness (QED) is 0.438. The van der Waals surface area contributed by atoms with Crippen LogP contribution >= 0.6 is 11.6 Å². The van der Waals surface area contributed by atoms with Crippen LogP contribution < -0.4 is 0 Å². The highest BCUT2D eigenvalue weighted by Gasteiger charge is 2.25. The van der Waals surface area contributed by atoms with Gasteiger partial charge in [-0.2, -0.15) is 5.10 Å². The molecule has 0 N–H and O–H groups in total. The van der Waals surface area contributed by atoms with Gasteiger partial charge in [-0.25, -0.2) is 9.07 Å². The average molecular weight is 453 g/mol. The first-order valence-electron chi connectivity index (χ1n) is 10.0. The van der Waals surface area contributed by atoms with Crippen LogP contribution in [-0.2, 0) is 20.1 Å². The molecule has 0 aliphatic carbocycles. The second-order valence-electron chi connectivity index (χ2n) is 7.56. The molecule has 32 heavy (non-hydrogen) atoms. The molecule has 4 rings (SSSR count). The summed E-state index contributed by atoms with van der Waals surface area (Å²) in [7, 11) is 1.80. The SMILES string of the molecule is Cc1nn(C)c(C)c1C(=O)N(Cc1cn(-c2ccccc2)nn1)Cc1ccc(F)cc1Cl. The maximum atomic E-state index is 13.6. The van der Waals surface area contributed by atoms with Crippen molar-refractivity contribution in [2.75, 3.05) is 0 Å². The van der Waals surface area contributed by atoms with Crippen molar-refractivity contribution in [2.24, 2.45) is 7.05 Å². The molecular weight excluding hydrogens is 431 g/mol. The van der Waals surface area contributed by atoms with Crippen molar-refractivity contribution in [1.82, 2.24) is 29.7 Å².